The second-order valence-corrected chi connectivity index (χ2v) is 10.6. The molecule has 6 heteroatoms. The summed E-state index contributed by atoms with van der Waals surface area (Å²) in [7, 11) is 0. The predicted molar refractivity (Wildman–Crippen MR) is 134 cm³/mol. The maximum absolute atomic E-state index is 13.5. The number of nitrogens with zero attached hydrogens (tertiary/aromatic N) is 1. The van der Waals surface area contributed by atoms with Crippen LogP contribution in [0.15, 0.2) is 75.8 Å². The fraction of sp³-hybridized carbons (Fsp3) is 0.185. The first-order valence-corrected chi connectivity index (χ1v) is 12.5. The number of halogens is 2. The predicted octanol–water partition coefficient (Wildman–Crippen LogP) is 5.89. The van der Waals surface area contributed by atoms with Crippen LogP contribution in [0.5, 0.6) is 0 Å². The lowest BCUT2D eigenvalue weighted by Gasteiger charge is -2.45. The molecule has 1 saturated heterocycles. The molecule has 1 N–H and O–H groups in total. The molecule has 2 bridgehead atoms. The summed E-state index contributed by atoms with van der Waals surface area (Å²) >= 11 is 7.12. The minimum absolute atomic E-state index is 0.0939. The van der Waals surface area contributed by atoms with Gasteiger partial charge in [-0.1, -0.05) is 80.4 Å². The van der Waals surface area contributed by atoms with Crippen molar-refractivity contribution in [2.75, 3.05) is 0 Å². The van der Waals surface area contributed by atoms with E-state index in [1.165, 1.54) is 27.3 Å². The number of imide groups is 1. The first-order valence-electron chi connectivity index (χ1n) is 10.9. The topological polar surface area (TPSA) is 49.4 Å². The zero-order valence-corrected chi connectivity index (χ0v) is 20.9. The van der Waals surface area contributed by atoms with Gasteiger partial charge in [0.05, 0.1) is 11.8 Å². The van der Waals surface area contributed by atoms with Crippen LogP contribution < -0.4 is 5.43 Å². The van der Waals surface area contributed by atoms with Crippen LogP contribution in [0.1, 0.15) is 45.2 Å². The van der Waals surface area contributed by atoms with Crippen LogP contribution in [0.25, 0.3) is 6.08 Å². The molecular weight excluding hydrogens is 544 g/mol. The van der Waals surface area contributed by atoms with E-state index in [0.717, 1.165) is 20.1 Å². The normalized spacial score (nSPS) is 24.8. The summed E-state index contributed by atoms with van der Waals surface area (Å²) < 4.78 is 1.98. The van der Waals surface area contributed by atoms with Gasteiger partial charge in [-0.2, -0.15) is 5.01 Å². The highest BCUT2D eigenvalue weighted by atomic mass is 79.9. The van der Waals surface area contributed by atoms with Gasteiger partial charge in [0.1, 0.15) is 0 Å². The molecule has 7 rings (SSSR count). The summed E-state index contributed by atoms with van der Waals surface area (Å²) in [4.78, 5) is 27.1. The average molecular weight is 564 g/mol. The highest BCUT2D eigenvalue weighted by molar-refractivity contribution is 9.11. The zero-order chi connectivity index (χ0) is 22.9. The number of amides is 2. The molecule has 1 fully saturated rings. The van der Waals surface area contributed by atoms with E-state index >= 15 is 0 Å². The Hall–Kier alpha value is -2.70. The molecule has 1 heterocycles. The molecule has 0 unspecified atom stereocenters. The molecule has 0 radical (unpaired) electrons. The van der Waals surface area contributed by atoms with Gasteiger partial charge in [-0.3, -0.25) is 15.0 Å². The van der Waals surface area contributed by atoms with Crippen LogP contribution in [0, 0.1) is 18.8 Å². The summed E-state index contributed by atoms with van der Waals surface area (Å²) in [6.45, 7) is 2.02. The number of nitrogens with one attached hydrogen (secondary N) is 1. The highest BCUT2D eigenvalue weighted by Gasteiger charge is 2.61. The van der Waals surface area contributed by atoms with Crippen LogP contribution in [0.3, 0.4) is 0 Å². The molecule has 0 saturated carbocycles. The van der Waals surface area contributed by atoms with E-state index < -0.39 is 0 Å². The van der Waals surface area contributed by atoms with Crippen molar-refractivity contribution < 1.29 is 9.59 Å². The molecule has 4 nitrogen and oxygen atoms in total. The molecular formula is C27H20Br2N2O2. The Morgan fingerprint density at radius 1 is 0.788 bits per heavy atom. The molecule has 0 spiro atoms. The number of hydrazine groups is 1. The molecule has 164 valence electrons. The summed E-state index contributed by atoms with van der Waals surface area (Å²) in [5, 5.41) is 1.22. The van der Waals surface area contributed by atoms with Crippen LogP contribution in [0.4, 0.5) is 0 Å². The van der Waals surface area contributed by atoms with Gasteiger partial charge in [0.15, 0.2) is 0 Å². The number of benzene rings is 3. The fourth-order valence-corrected chi connectivity index (χ4v) is 7.00. The Morgan fingerprint density at radius 2 is 1.21 bits per heavy atom. The van der Waals surface area contributed by atoms with Gasteiger partial charge in [0.25, 0.3) is 11.8 Å². The molecule has 3 aromatic rings. The van der Waals surface area contributed by atoms with E-state index in [2.05, 4.69) is 61.6 Å². The molecule has 1 aliphatic heterocycles. The van der Waals surface area contributed by atoms with Crippen molar-refractivity contribution in [2.45, 2.75) is 18.8 Å². The van der Waals surface area contributed by atoms with Gasteiger partial charge in [0, 0.05) is 27.0 Å². The molecule has 3 aliphatic carbocycles. The Kier molecular flexibility index (Phi) is 4.85. The summed E-state index contributed by atoms with van der Waals surface area (Å²) in [6.07, 6.45) is 3.52. The van der Waals surface area contributed by atoms with Crippen molar-refractivity contribution in [3.8, 4) is 0 Å². The molecule has 2 amide bonds. The maximum Gasteiger partial charge on any atom is 0.253 e. The monoisotopic (exact) mass is 562 g/mol. The minimum Gasteiger partial charge on any atom is -0.296 e. The minimum atomic E-state index is -0.379. The standard InChI is InChI=1S/C27H20Br2N2O2/c1-14-20(28)12-15(13-21(14)29)10-11-30-31-26(32)24-22-16-6-2-3-7-17(16)23(25(24)27(31)33)19-9-5-4-8-18(19)22/h2-13,22-25,30H,1H3/b11-10+/t22?,23?,24-,25+. The molecule has 2 atom stereocenters. The lowest BCUT2D eigenvalue weighted by Crippen LogP contribution is -2.41. The Labute approximate surface area is 208 Å². The van der Waals surface area contributed by atoms with Crippen LogP contribution in [-0.4, -0.2) is 16.8 Å². The second-order valence-electron chi connectivity index (χ2n) is 8.85. The van der Waals surface area contributed by atoms with Gasteiger partial charge in [0.2, 0.25) is 0 Å². The van der Waals surface area contributed by atoms with E-state index in [4.69, 9.17) is 0 Å². The number of rotatable bonds is 3. The van der Waals surface area contributed by atoms with Crippen LogP contribution in [-0.2, 0) is 9.59 Å². The zero-order valence-electron chi connectivity index (χ0n) is 17.8. The summed E-state index contributed by atoms with van der Waals surface area (Å²) in [5.41, 5.74) is 9.75. The molecule has 33 heavy (non-hydrogen) atoms. The van der Waals surface area contributed by atoms with Gasteiger partial charge >= 0.3 is 0 Å². The smallest absolute Gasteiger partial charge is 0.253 e. The van der Waals surface area contributed by atoms with E-state index in [1.54, 1.807) is 6.20 Å². The molecule has 4 aliphatic rings. The van der Waals surface area contributed by atoms with E-state index in [-0.39, 0.29) is 35.5 Å². The molecule has 3 aromatic carbocycles. The van der Waals surface area contributed by atoms with Crippen LogP contribution in [0.2, 0.25) is 0 Å². The molecule has 0 aromatic heterocycles. The third-order valence-corrected chi connectivity index (χ3v) is 8.88. The summed E-state index contributed by atoms with van der Waals surface area (Å²) in [6, 6.07) is 20.5. The van der Waals surface area contributed by atoms with E-state index in [9.17, 15) is 9.59 Å². The number of hydrogen-bond donors (Lipinski definition) is 1. The first kappa shape index (κ1) is 20.9. The lowest BCUT2D eigenvalue weighted by atomic mass is 9.55. The van der Waals surface area contributed by atoms with Crippen molar-refractivity contribution in [1.82, 2.24) is 10.4 Å². The Morgan fingerprint density at radius 3 is 1.64 bits per heavy atom. The summed E-state index contributed by atoms with van der Waals surface area (Å²) in [5.74, 6) is -1.25. The highest BCUT2D eigenvalue weighted by Crippen LogP contribution is 2.60. The van der Waals surface area contributed by atoms with Crippen molar-refractivity contribution in [3.05, 3.63) is 109 Å². The van der Waals surface area contributed by atoms with E-state index in [0.29, 0.717) is 0 Å². The quantitative estimate of drug-likeness (QED) is 0.404. The third-order valence-electron chi connectivity index (χ3n) is 7.23. The number of carbonyl (C=O) groups excluding carboxylic acids is 2. The van der Waals surface area contributed by atoms with Crippen molar-refractivity contribution >= 4 is 49.8 Å². The largest absolute Gasteiger partial charge is 0.296 e. The van der Waals surface area contributed by atoms with Gasteiger partial charge < -0.3 is 0 Å². The Balaban J connectivity index is 1.35. The van der Waals surface area contributed by atoms with Crippen molar-refractivity contribution in [1.29, 1.82) is 0 Å². The van der Waals surface area contributed by atoms with Gasteiger partial charge in [-0.05, 0) is 58.5 Å². The SMILES string of the molecule is Cc1c(Br)cc(/C=C/NN2C(=O)[C@@H]3C4c5ccccc5C(c5ccccc54)[C@@H]3C2=O)cc1Br. The third kappa shape index (κ3) is 3.00. The first-order chi connectivity index (χ1) is 16.0. The van der Waals surface area contributed by atoms with E-state index in [1.807, 2.05) is 49.4 Å². The average Bonchev–Trinajstić information content (AvgIpc) is 3.08. The van der Waals surface area contributed by atoms with Crippen molar-refractivity contribution in [3.63, 3.8) is 0 Å². The Bertz CT molecular complexity index is 1230. The maximum atomic E-state index is 13.5. The second kappa shape index (κ2) is 7.67. The fourth-order valence-electron chi connectivity index (χ4n) is 5.77. The lowest BCUT2D eigenvalue weighted by molar-refractivity contribution is -0.142. The number of hydrogen-bond acceptors (Lipinski definition) is 3. The van der Waals surface area contributed by atoms with Crippen LogP contribution >= 0.6 is 31.9 Å². The van der Waals surface area contributed by atoms with Crippen molar-refractivity contribution in [2.24, 2.45) is 11.8 Å². The number of carbonyl (C=O) groups is 2. The van der Waals surface area contributed by atoms with Gasteiger partial charge in [-0.15, -0.1) is 0 Å². The van der Waals surface area contributed by atoms with Gasteiger partial charge in [-0.25, -0.2) is 0 Å².